The number of fused-ring (bicyclic) bond motifs is 1. The maximum Gasteiger partial charge on any atom is 0.354 e. The molecule has 2 aromatic heterocycles. The lowest BCUT2D eigenvalue weighted by atomic mass is 10.2. The predicted molar refractivity (Wildman–Crippen MR) is 87.7 cm³/mol. The minimum atomic E-state index is -4.41. The molecule has 6 N–H and O–H groups in total. The molecule has 0 spiro atoms. The van der Waals surface area contributed by atoms with Crippen LogP contribution in [-0.4, -0.2) is 58.5 Å². The van der Waals surface area contributed by atoms with Gasteiger partial charge in [0.2, 0.25) is 5.95 Å². The summed E-state index contributed by atoms with van der Waals surface area (Å²) >= 11 is 0. The van der Waals surface area contributed by atoms with Gasteiger partial charge in [-0.05, 0) is 12.8 Å². The van der Waals surface area contributed by atoms with Gasteiger partial charge in [0.25, 0.3) is 0 Å². The number of nitrogen functional groups attached to an aromatic ring is 1. The summed E-state index contributed by atoms with van der Waals surface area (Å²) in [5.41, 5.74) is 6.81. The van der Waals surface area contributed by atoms with E-state index in [9.17, 15) is 19.5 Å². The van der Waals surface area contributed by atoms with E-state index in [1.807, 2.05) is 0 Å². The molecule has 4 rings (SSSR count). The van der Waals surface area contributed by atoms with Gasteiger partial charge in [-0.25, -0.2) is 4.98 Å². The number of aliphatic hydroxyl groups excluding tert-OH is 1. The topological polar surface area (TPSA) is 169 Å². The molecule has 1 aliphatic carbocycles. The Morgan fingerprint density at radius 1 is 1.40 bits per heavy atom. The van der Waals surface area contributed by atoms with Gasteiger partial charge < -0.3 is 35.2 Å². The first-order valence-electron chi connectivity index (χ1n) is 7.95. The van der Waals surface area contributed by atoms with Crippen LogP contribution in [0.1, 0.15) is 19.3 Å². The summed E-state index contributed by atoms with van der Waals surface area (Å²) < 4.78 is 18.3. The Hall–Kier alpha value is -1.78. The van der Waals surface area contributed by atoms with E-state index in [0.29, 0.717) is 23.0 Å². The third-order valence-corrected chi connectivity index (χ3v) is 5.44. The maximum atomic E-state index is 11.3. The number of hydrogen-bond donors (Lipinski definition) is 5. The van der Waals surface area contributed by atoms with Crippen molar-refractivity contribution in [2.75, 3.05) is 11.1 Å². The number of hydrogen-bond acceptors (Lipinski definition) is 8. The SMILES string of the molecule is Nc1nc(NC2CC2)c2ncn(CC3OC(P(=O)(O)O)CC3O)c2n1. The molecule has 0 radical (unpaired) electrons. The van der Waals surface area contributed by atoms with Crippen LogP contribution in [0.2, 0.25) is 0 Å². The lowest BCUT2D eigenvalue weighted by molar-refractivity contribution is 0.0163. The van der Waals surface area contributed by atoms with E-state index < -0.39 is 25.6 Å². The molecule has 0 bridgehead atoms. The number of nitrogens with two attached hydrogens (primary N) is 1. The smallest absolute Gasteiger partial charge is 0.354 e. The van der Waals surface area contributed by atoms with Crippen LogP contribution in [-0.2, 0) is 15.8 Å². The van der Waals surface area contributed by atoms with E-state index in [1.54, 1.807) is 4.57 Å². The van der Waals surface area contributed by atoms with E-state index in [1.165, 1.54) is 6.33 Å². The summed E-state index contributed by atoms with van der Waals surface area (Å²) in [5.74, 6) is -0.641. The highest BCUT2D eigenvalue weighted by Gasteiger charge is 2.43. The standard InChI is InChI=1S/C13H19N6O5P/c14-13-17-11(16-6-1-2-6)10-12(18-13)19(5-15-10)4-8-7(20)3-9(24-8)25(21,22)23/h5-9,20H,1-4H2,(H2,21,22,23)(H3,14,16,17,18). The van der Waals surface area contributed by atoms with Crippen molar-refractivity contribution in [3.8, 4) is 0 Å². The normalized spacial score (nSPS) is 27.1. The van der Waals surface area contributed by atoms with E-state index in [-0.39, 0.29) is 18.9 Å². The number of rotatable bonds is 5. The van der Waals surface area contributed by atoms with Gasteiger partial charge in [0.05, 0.1) is 19.0 Å². The minimum Gasteiger partial charge on any atom is -0.390 e. The van der Waals surface area contributed by atoms with E-state index in [4.69, 9.17) is 10.5 Å². The fraction of sp³-hybridized carbons (Fsp3) is 0.615. The van der Waals surface area contributed by atoms with Crippen LogP contribution < -0.4 is 11.1 Å². The van der Waals surface area contributed by atoms with Gasteiger partial charge in [-0.15, -0.1) is 0 Å². The fourth-order valence-corrected chi connectivity index (χ4v) is 3.70. The second-order valence-corrected chi connectivity index (χ2v) is 8.19. The molecule has 2 aromatic rings. The van der Waals surface area contributed by atoms with Crippen molar-refractivity contribution >= 4 is 30.5 Å². The molecule has 3 heterocycles. The van der Waals surface area contributed by atoms with Gasteiger partial charge in [-0.2, -0.15) is 9.97 Å². The van der Waals surface area contributed by atoms with Crippen molar-refractivity contribution in [2.45, 2.75) is 49.9 Å². The first kappa shape index (κ1) is 16.7. The monoisotopic (exact) mass is 370 g/mol. The minimum absolute atomic E-state index is 0.0957. The van der Waals surface area contributed by atoms with Crippen molar-refractivity contribution < 1.29 is 24.2 Å². The van der Waals surface area contributed by atoms with Crippen LogP contribution in [0.25, 0.3) is 11.2 Å². The molecule has 25 heavy (non-hydrogen) atoms. The summed E-state index contributed by atoms with van der Waals surface area (Å²) in [6, 6.07) is 0.367. The molecule has 3 unspecified atom stereocenters. The molecule has 11 nitrogen and oxygen atoms in total. The Morgan fingerprint density at radius 2 is 2.16 bits per heavy atom. The van der Waals surface area contributed by atoms with Gasteiger partial charge in [0, 0.05) is 12.5 Å². The second kappa shape index (κ2) is 5.89. The van der Waals surface area contributed by atoms with Crippen LogP contribution in [0.4, 0.5) is 11.8 Å². The van der Waals surface area contributed by atoms with Crippen molar-refractivity contribution in [2.24, 2.45) is 0 Å². The Morgan fingerprint density at radius 3 is 2.80 bits per heavy atom. The zero-order valence-corrected chi connectivity index (χ0v) is 14.1. The number of imidazole rings is 1. The number of ether oxygens (including phenoxy) is 1. The first-order valence-corrected chi connectivity index (χ1v) is 9.63. The largest absolute Gasteiger partial charge is 0.390 e. The van der Waals surface area contributed by atoms with Crippen molar-refractivity contribution in [1.82, 2.24) is 19.5 Å². The Bertz CT molecular complexity index is 849. The van der Waals surface area contributed by atoms with Gasteiger partial charge in [0.15, 0.2) is 22.8 Å². The summed E-state index contributed by atoms with van der Waals surface area (Å²) in [4.78, 5) is 31.1. The zero-order valence-electron chi connectivity index (χ0n) is 13.2. The molecule has 136 valence electrons. The molecule has 3 atom stereocenters. The zero-order chi connectivity index (χ0) is 17.8. The second-order valence-electron chi connectivity index (χ2n) is 6.44. The van der Waals surface area contributed by atoms with E-state index >= 15 is 0 Å². The number of anilines is 2. The molecule has 0 amide bonds. The van der Waals surface area contributed by atoms with Gasteiger partial charge in [-0.1, -0.05) is 0 Å². The van der Waals surface area contributed by atoms with Crippen LogP contribution in [0, 0.1) is 0 Å². The summed E-state index contributed by atoms with van der Waals surface area (Å²) in [6.07, 6.45) is 1.78. The maximum absolute atomic E-state index is 11.3. The third kappa shape index (κ3) is 3.33. The van der Waals surface area contributed by atoms with Crippen LogP contribution in [0.5, 0.6) is 0 Å². The average molecular weight is 370 g/mol. The molecule has 1 saturated heterocycles. The van der Waals surface area contributed by atoms with Gasteiger partial charge in [-0.3, -0.25) is 4.57 Å². The molecule has 1 aliphatic heterocycles. The number of aromatic nitrogens is 4. The first-order chi connectivity index (χ1) is 11.8. The van der Waals surface area contributed by atoms with Crippen LogP contribution in [0.3, 0.4) is 0 Å². The molecule has 12 heteroatoms. The third-order valence-electron chi connectivity index (χ3n) is 4.36. The van der Waals surface area contributed by atoms with Crippen molar-refractivity contribution in [3.63, 3.8) is 0 Å². The molecule has 1 saturated carbocycles. The van der Waals surface area contributed by atoms with Crippen LogP contribution in [0.15, 0.2) is 6.33 Å². The van der Waals surface area contributed by atoms with Gasteiger partial charge >= 0.3 is 7.60 Å². The van der Waals surface area contributed by atoms with Gasteiger partial charge in [0.1, 0.15) is 6.10 Å². The summed E-state index contributed by atoms with van der Waals surface area (Å²) in [7, 11) is -4.41. The van der Waals surface area contributed by atoms with Crippen molar-refractivity contribution in [1.29, 1.82) is 0 Å². The summed E-state index contributed by atoms with van der Waals surface area (Å²) in [6.45, 7) is 0.146. The Kier molecular flexibility index (Phi) is 3.93. The molecule has 0 aromatic carbocycles. The molecular formula is C13H19N6O5P. The quantitative estimate of drug-likeness (QED) is 0.438. The van der Waals surface area contributed by atoms with Crippen LogP contribution >= 0.6 is 7.60 Å². The highest BCUT2D eigenvalue weighted by Crippen LogP contribution is 2.48. The Labute approximate surface area is 142 Å². The highest BCUT2D eigenvalue weighted by molar-refractivity contribution is 7.52. The summed E-state index contributed by atoms with van der Waals surface area (Å²) in [5, 5.41) is 13.3. The van der Waals surface area contributed by atoms with E-state index in [0.717, 1.165) is 12.8 Å². The fourth-order valence-electron chi connectivity index (χ4n) is 2.90. The van der Waals surface area contributed by atoms with E-state index in [2.05, 4.69) is 20.3 Å². The Balaban J connectivity index is 1.59. The molecular weight excluding hydrogens is 351 g/mol. The number of nitrogens with zero attached hydrogens (tertiary/aromatic N) is 4. The number of nitrogens with one attached hydrogen (secondary N) is 1. The van der Waals surface area contributed by atoms with Crippen molar-refractivity contribution in [3.05, 3.63) is 6.33 Å². The lowest BCUT2D eigenvalue weighted by Crippen LogP contribution is -2.26. The highest BCUT2D eigenvalue weighted by atomic mass is 31.2. The predicted octanol–water partition coefficient (Wildman–Crippen LogP) is -0.364. The molecule has 2 fully saturated rings. The lowest BCUT2D eigenvalue weighted by Gasteiger charge is -2.16. The number of aliphatic hydroxyl groups is 1. The average Bonchev–Trinajstić information content (AvgIpc) is 3.12. The molecule has 2 aliphatic rings.